The topological polar surface area (TPSA) is 67.2 Å². The Kier molecular flexibility index (Phi) is 6.96. The molecule has 4 N–H and O–H groups in total. The van der Waals surface area contributed by atoms with Gasteiger partial charge in [-0.2, -0.15) is 13.2 Å². The van der Waals surface area contributed by atoms with Gasteiger partial charge >= 0.3 is 6.18 Å². The number of benzene rings is 2. The van der Waals surface area contributed by atoms with E-state index in [-0.39, 0.29) is 36.0 Å². The van der Waals surface area contributed by atoms with Gasteiger partial charge in [0, 0.05) is 26.2 Å². The largest absolute Gasteiger partial charge is 0.416 e. The maximum atomic E-state index is 13.5. The molecule has 0 radical (unpaired) electrons. The molecule has 1 heterocycles. The van der Waals surface area contributed by atoms with Crippen molar-refractivity contribution in [2.24, 2.45) is 11.7 Å². The number of alkyl halides is 3. The van der Waals surface area contributed by atoms with Crippen molar-refractivity contribution >= 4 is 63.1 Å². The van der Waals surface area contributed by atoms with Crippen LogP contribution < -0.4 is 16.4 Å². The van der Waals surface area contributed by atoms with Crippen molar-refractivity contribution in [3.63, 3.8) is 0 Å². The van der Waals surface area contributed by atoms with Crippen LogP contribution in [0.15, 0.2) is 44.6 Å². The summed E-state index contributed by atoms with van der Waals surface area (Å²) in [7, 11) is 0. The Hall–Kier alpha value is -1.42. The first-order chi connectivity index (χ1) is 13.7. The molecule has 1 fully saturated rings. The smallest absolute Gasteiger partial charge is 0.352 e. The van der Waals surface area contributed by atoms with Gasteiger partial charge in [0.25, 0.3) is 0 Å². The number of halogens is 5. The highest BCUT2D eigenvalue weighted by Crippen LogP contribution is 2.50. The minimum atomic E-state index is -4.51. The highest BCUT2D eigenvalue weighted by atomic mass is 79.9. The monoisotopic (exact) mass is 521 g/mol. The number of hydrogen-bond donors (Lipinski definition) is 3. The van der Waals surface area contributed by atoms with Crippen LogP contribution in [0.1, 0.15) is 31.2 Å². The summed E-state index contributed by atoms with van der Waals surface area (Å²) in [5.41, 5.74) is 6.57. The summed E-state index contributed by atoms with van der Waals surface area (Å²) in [4.78, 5) is 14.0. The Morgan fingerprint density at radius 1 is 1.20 bits per heavy atom. The third kappa shape index (κ3) is 4.90. The molecule has 30 heavy (non-hydrogen) atoms. The molecular weight excluding hydrogens is 503 g/mol. The van der Waals surface area contributed by atoms with Gasteiger partial charge in [0.05, 0.1) is 22.6 Å². The summed E-state index contributed by atoms with van der Waals surface area (Å²) in [6.07, 6.45) is -1.56. The molecule has 0 spiro atoms. The molecule has 0 aromatic heterocycles. The Morgan fingerprint density at radius 2 is 1.97 bits per heavy atom. The van der Waals surface area contributed by atoms with Crippen LogP contribution in [0.2, 0.25) is 0 Å². The van der Waals surface area contributed by atoms with E-state index in [1.807, 2.05) is 18.2 Å². The number of nitrogens with one attached hydrogen (secondary N) is 2. The highest BCUT2D eigenvalue weighted by Gasteiger charge is 2.34. The SMILES string of the molecule is Cl.NC1CCCC(C(=O)Nc2cc(C(F)(F)F)cc3c2Nc2ccc(Br)cc2S3)C1. The fourth-order valence-corrected chi connectivity index (χ4v) is 5.34. The molecule has 2 aliphatic rings. The van der Waals surface area contributed by atoms with Crippen LogP contribution >= 0.6 is 40.1 Å². The lowest BCUT2D eigenvalue weighted by molar-refractivity contribution is -0.137. The van der Waals surface area contributed by atoms with E-state index >= 15 is 0 Å². The van der Waals surface area contributed by atoms with E-state index in [2.05, 4.69) is 26.6 Å². The van der Waals surface area contributed by atoms with Gasteiger partial charge in [0.15, 0.2) is 0 Å². The predicted molar refractivity (Wildman–Crippen MR) is 119 cm³/mol. The van der Waals surface area contributed by atoms with Gasteiger partial charge in [-0.15, -0.1) is 12.4 Å². The number of anilines is 3. The van der Waals surface area contributed by atoms with Crippen LogP contribution in [0, 0.1) is 5.92 Å². The van der Waals surface area contributed by atoms with E-state index in [0.717, 1.165) is 40.0 Å². The maximum absolute atomic E-state index is 13.5. The second-order valence-electron chi connectivity index (χ2n) is 7.38. The third-order valence-electron chi connectivity index (χ3n) is 5.20. The maximum Gasteiger partial charge on any atom is 0.416 e. The number of carbonyl (C=O) groups is 1. The predicted octanol–water partition coefficient (Wildman–Crippen LogP) is 6.55. The molecule has 0 bridgehead atoms. The van der Waals surface area contributed by atoms with Crippen LogP contribution in [-0.4, -0.2) is 11.9 Å². The molecule has 4 nitrogen and oxygen atoms in total. The summed E-state index contributed by atoms with van der Waals surface area (Å²) < 4.78 is 41.3. The van der Waals surface area contributed by atoms with Gasteiger partial charge in [0.2, 0.25) is 5.91 Å². The second-order valence-corrected chi connectivity index (χ2v) is 9.37. The minimum absolute atomic E-state index is 0. The molecular formula is C20H20BrClF3N3OS. The van der Waals surface area contributed by atoms with Crippen LogP contribution in [-0.2, 0) is 11.0 Å². The van der Waals surface area contributed by atoms with Gasteiger partial charge in [-0.05, 0) is 49.6 Å². The molecule has 2 aromatic rings. The van der Waals surface area contributed by atoms with E-state index in [1.165, 1.54) is 11.8 Å². The van der Waals surface area contributed by atoms with Crippen molar-refractivity contribution in [1.29, 1.82) is 0 Å². The summed E-state index contributed by atoms with van der Waals surface area (Å²) >= 11 is 4.62. The van der Waals surface area contributed by atoms with Crippen LogP contribution in [0.5, 0.6) is 0 Å². The molecule has 1 aliphatic heterocycles. The summed E-state index contributed by atoms with van der Waals surface area (Å²) in [6.45, 7) is 0. The van der Waals surface area contributed by atoms with Gasteiger partial charge in [0.1, 0.15) is 0 Å². The molecule has 1 saturated carbocycles. The lowest BCUT2D eigenvalue weighted by atomic mass is 9.85. The fraction of sp³-hybridized carbons (Fsp3) is 0.350. The van der Waals surface area contributed by atoms with Crippen molar-refractivity contribution in [3.8, 4) is 0 Å². The number of carbonyl (C=O) groups excluding carboxylic acids is 1. The Labute approximate surface area is 191 Å². The Morgan fingerprint density at radius 3 is 2.67 bits per heavy atom. The third-order valence-corrected chi connectivity index (χ3v) is 6.79. The van der Waals surface area contributed by atoms with Crippen molar-refractivity contribution in [2.45, 2.75) is 47.7 Å². The average molecular weight is 523 g/mol. The first-order valence-corrected chi connectivity index (χ1v) is 10.9. The first kappa shape index (κ1) is 23.2. The Bertz CT molecular complexity index is 973. The first-order valence-electron chi connectivity index (χ1n) is 9.27. The molecule has 2 atom stereocenters. The van der Waals surface area contributed by atoms with Crippen molar-refractivity contribution in [2.75, 3.05) is 10.6 Å². The lowest BCUT2D eigenvalue weighted by Crippen LogP contribution is -2.34. The van der Waals surface area contributed by atoms with E-state index in [0.29, 0.717) is 23.4 Å². The van der Waals surface area contributed by atoms with E-state index in [9.17, 15) is 18.0 Å². The normalized spacial score (nSPS) is 20.3. The van der Waals surface area contributed by atoms with Crippen molar-refractivity contribution in [1.82, 2.24) is 0 Å². The number of hydrogen-bond acceptors (Lipinski definition) is 4. The van der Waals surface area contributed by atoms with Crippen LogP contribution in [0.25, 0.3) is 0 Å². The molecule has 2 aromatic carbocycles. The summed E-state index contributed by atoms with van der Waals surface area (Å²) in [5, 5.41) is 5.92. The van der Waals surface area contributed by atoms with Crippen LogP contribution in [0.4, 0.5) is 30.2 Å². The molecule has 2 unspecified atom stereocenters. The van der Waals surface area contributed by atoms with Gasteiger partial charge in [-0.25, -0.2) is 0 Å². The lowest BCUT2D eigenvalue weighted by Gasteiger charge is -2.28. The number of rotatable bonds is 2. The van der Waals surface area contributed by atoms with Crippen molar-refractivity contribution in [3.05, 3.63) is 40.4 Å². The zero-order chi connectivity index (χ0) is 20.8. The molecule has 4 rings (SSSR count). The number of amides is 1. The zero-order valence-electron chi connectivity index (χ0n) is 15.7. The Balaban J connectivity index is 0.00000256. The molecule has 162 valence electrons. The van der Waals surface area contributed by atoms with Crippen molar-refractivity contribution < 1.29 is 18.0 Å². The van der Waals surface area contributed by atoms with E-state index in [4.69, 9.17) is 5.73 Å². The van der Waals surface area contributed by atoms with Crippen LogP contribution in [0.3, 0.4) is 0 Å². The minimum Gasteiger partial charge on any atom is -0.352 e. The zero-order valence-corrected chi connectivity index (χ0v) is 18.9. The van der Waals surface area contributed by atoms with Gasteiger partial charge < -0.3 is 16.4 Å². The number of fused-ring (bicyclic) bond motifs is 2. The average Bonchev–Trinajstić information content (AvgIpc) is 2.65. The molecule has 0 saturated heterocycles. The molecule has 10 heteroatoms. The van der Waals surface area contributed by atoms with E-state index < -0.39 is 11.7 Å². The standard InChI is InChI=1S/C20H19BrF3N3OS.ClH/c21-12-4-5-14-16(9-12)29-17-8-11(20(22,23)24)7-15(18(17)26-14)27-19(28)10-2-1-3-13(25)6-10;/h4-5,7-10,13,26H,1-3,6,25H2,(H,27,28);1H. The summed E-state index contributed by atoms with van der Waals surface area (Å²) in [6, 6.07) is 7.61. The molecule has 1 aliphatic carbocycles. The highest BCUT2D eigenvalue weighted by molar-refractivity contribution is 9.10. The number of nitrogens with two attached hydrogens (primary N) is 1. The fourth-order valence-electron chi connectivity index (χ4n) is 3.72. The summed E-state index contributed by atoms with van der Waals surface area (Å²) in [5.74, 6) is -0.571. The molecule has 1 amide bonds. The van der Waals surface area contributed by atoms with Gasteiger partial charge in [-0.1, -0.05) is 34.1 Å². The quantitative estimate of drug-likeness (QED) is 0.357. The van der Waals surface area contributed by atoms with E-state index in [1.54, 1.807) is 0 Å². The second kappa shape index (κ2) is 8.98. The van der Waals surface area contributed by atoms with Gasteiger partial charge in [-0.3, -0.25) is 4.79 Å².